The van der Waals surface area contributed by atoms with Crippen LogP contribution >= 0.6 is 11.6 Å². The number of hydrogen-bond acceptors (Lipinski definition) is 24. The van der Waals surface area contributed by atoms with Crippen LogP contribution in [0.4, 0.5) is 23.3 Å². The van der Waals surface area contributed by atoms with Crippen LogP contribution in [0.1, 0.15) is 65.9 Å². The van der Waals surface area contributed by atoms with E-state index in [0.717, 1.165) is 158 Å². The highest BCUT2D eigenvalue weighted by Crippen LogP contribution is 2.48. The zero-order valence-corrected chi connectivity index (χ0v) is 73.9. The number of anilines is 4. The molecule has 2 saturated carbocycles. The number of carbonyl (C=O) groups excluding carboxylic acids is 1. The number of benzene rings is 9. The van der Waals surface area contributed by atoms with Crippen molar-refractivity contribution in [3.63, 3.8) is 0 Å². The highest BCUT2D eigenvalue weighted by molar-refractivity contribution is 7.90. The molecule has 2 bridgehead atoms. The first-order valence-corrected chi connectivity index (χ1v) is 46.0. The molecular formula is C106H89ClN18O6S. The van der Waals surface area contributed by atoms with Crippen LogP contribution in [0.15, 0.2) is 328 Å². The summed E-state index contributed by atoms with van der Waals surface area (Å²) in [6, 6.07) is 86.6. The van der Waals surface area contributed by atoms with Gasteiger partial charge in [-0.05, 0) is 168 Å². The van der Waals surface area contributed by atoms with Gasteiger partial charge in [0.1, 0.15) is 35.3 Å². The molecule has 2 fully saturated rings. The van der Waals surface area contributed by atoms with E-state index in [-0.39, 0.29) is 46.7 Å². The monoisotopic (exact) mass is 1780 g/mol. The summed E-state index contributed by atoms with van der Waals surface area (Å²) in [6.07, 6.45) is 22.1. The Balaban J connectivity index is 0.000000114. The number of ether oxygens (including phenoxy) is 3. The second kappa shape index (κ2) is 39.2. The molecule has 9 aromatic heterocycles. The lowest BCUT2D eigenvalue weighted by Gasteiger charge is -2.28. The number of sulfone groups is 1. The van der Waals surface area contributed by atoms with Crippen molar-refractivity contribution < 1.29 is 27.4 Å². The van der Waals surface area contributed by atoms with E-state index in [1.807, 2.05) is 183 Å². The lowest BCUT2D eigenvalue weighted by atomic mass is 9.88. The Morgan fingerprint density at radius 2 is 0.970 bits per heavy atom. The number of hydrogen-bond donors (Lipinski definition) is 4. The molecule has 0 amide bonds. The summed E-state index contributed by atoms with van der Waals surface area (Å²) in [5, 5.41) is 18.1. The largest absolute Gasteiger partial charge is 0.467 e. The van der Waals surface area contributed by atoms with Crippen LogP contribution in [0.3, 0.4) is 0 Å². The van der Waals surface area contributed by atoms with Gasteiger partial charge in [-0.1, -0.05) is 212 Å². The summed E-state index contributed by atoms with van der Waals surface area (Å²) in [5.74, 6) is 5.87. The molecule has 1 aliphatic heterocycles. The second-order valence-corrected chi connectivity index (χ2v) is 34.8. The first kappa shape index (κ1) is 85.8. The highest BCUT2D eigenvalue weighted by atomic mass is 35.5. The summed E-state index contributed by atoms with van der Waals surface area (Å²) in [7, 11) is -3.53. The first-order valence-electron chi connectivity index (χ1n) is 43.7. The number of rotatable bonds is 22. The molecule has 3 aliphatic carbocycles. The number of allylic oxidation sites excluding steroid dienone is 1. The van der Waals surface area contributed by atoms with Gasteiger partial charge in [0.15, 0.2) is 34.1 Å². The lowest BCUT2D eigenvalue weighted by Crippen LogP contribution is -2.39. The van der Waals surface area contributed by atoms with Crippen molar-refractivity contribution in [2.75, 3.05) is 40.9 Å². The Labute approximate surface area is 767 Å². The SMILES string of the molecule is CCOC(=O)C1C2C=CC(C2)C1Nc1nc(-c2cccnc2)nc2cccc(-c3ccccc3)c12.CS(=O)(=O)c1cnccc1-c1nc(NCc2ccccn2)c2c(-c3ccccc3)cccc2n1.Cc1cc(CNc2nc(-c3cncnc3)nc3cccc(-c4ccccc4)c23)c2c(c1)COCO2.Clc1nc(NCc2cccc(C3CC3)n2)c2c(-c3ccccc3)cccc2n1. The van der Waals surface area contributed by atoms with Gasteiger partial charge in [-0.25, -0.2) is 58.3 Å². The van der Waals surface area contributed by atoms with Crippen molar-refractivity contribution in [1.29, 1.82) is 0 Å². The average Bonchev–Trinajstić information content (AvgIpc) is 1.48. The van der Waals surface area contributed by atoms with E-state index in [4.69, 9.17) is 60.7 Å². The molecule has 652 valence electrons. The van der Waals surface area contributed by atoms with Crippen LogP contribution in [0.25, 0.3) is 122 Å². The molecule has 18 aromatic rings. The van der Waals surface area contributed by atoms with Gasteiger partial charge < -0.3 is 35.5 Å². The molecule has 0 saturated heterocycles. The van der Waals surface area contributed by atoms with E-state index >= 15 is 0 Å². The fourth-order valence-corrected chi connectivity index (χ4v) is 18.3. The molecule has 4 atom stereocenters. The molecule has 26 heteroatoms. The van der Waals surface area contributed by atoms with Crippen molar-refractivity contribution in [3.8, 4) is 84.4 Å². The number of halogens is 1. The minimum Gasteiger partial charge on any atom is -0.467 e. The smallest absolute Gasteiger partial charge is 0.311 e. The van der Waals surface area contributed by atoms with Crippen molar-refractivity contribution in [3.05, 3.63) is 362 Å². The van der Waals surface area contributed by atoms with E-state index in [0.29, 0.717) is 73.1 Å². The number of fused-ring (bicyclic) bond motifs is 7. The quantitative estimate of drug-likeness (QED) is 0.0278. The molecule has 0 spiro atoms. The number of carbonyl (C=O) groups is 1. The third-order valence-corrected chi connectivity index (χ3v) is 24.8. The van der Waals surface area contributed by atoms with Crippen molar-refractivity contribution in [2.24, 2.45) is 17.8 Å². The number of aryl methyl sites for hydroxylation is 1. The topological polar surface area (TPSA) is 307 Å². The zero-order valence-electron chi connectivity index (χ0n) is 72.3. The van der Waals surface area contributed by atoms with Gasteiger partial charge in [0.2, 0.25) is 5.28 Å². The fourth-order valence-electron chi connectivity index (χ4n) is 17.3. The van der Waals surface area contributed by atoms with Gasteiger partial charge in [0.05, 0.1) is 97.7 Å². The average molecular weight is 1780 g/mol. The lowest BCUT2D eigenvalue weighted by molar-refractivity contribution is -0.149. The normalized spacial score (nSPS) is 15.2. The minimum absolute atomic E-state index is 0.0873. The standard InChI is InChI=1S/C29H26N4O2.C28H23N5O2.C26H21N5O2S.C23H19ClN4/c1-2-35-29(34)24-19-13-14-20(16-19)26(24)32-28-25-22(18-8-4-3-5-9-18)11-6-12-23(25)31-27(33-28)21-10-7-15-30-17-21;1-18-10-20(26-21(11-18)15-34-17-35-26)14-31-28-25-23(19-6-3-2-4-7-19)8-5-9-24(25)32-27(33-28)22-12-29-16-30-13-22;1-34(32,33)23-17-27-15-13-21(23)25-30-22-12-7-11-20(18-8-3-2-4-9-18)24(22)26(31-25)29-16-19-10-5-6-14-28-19;24-23-27-20-11-5-9-18(15-6-2-1-3-7-15)21(20)22(28-23)25-14-17-8-4-10-19(26-17)16-12-13-16/h3-15,17,19-20,24,26H,2,16H2,1H3,(H,31,32,33);2-13,16H,14-15,17H2,1H3,(H,31,32,33);2-15,17H,16H2,1H3,(H,29,30,31);1-11,16H,12-14H2,(H,25,27,28). The minimum atomic E-state index is -3.53. The van der Waals surface area contributed by atoms with E-state index in [2.05, 4.69) is 154 Å². The molecule has 132 heavy (non-hydrogen) atoms. The Hall–Kier alpha value is -15.6. The summed E-state index contributed by atoms with van der Waals surface area (Å²) in [6.45, 7) is 6.71. The maximum atomic E-state index is 12.9. The first-order chi connectivity index (χ1) is 64.8. The van der Waals surface area contributed by atoms with Gasteiger partial charge in [0, 0.05) is 96.1 Å². The molecule has 22 rings (SSSR count). The van der Waals surface area contributed by atoms with Gasteiger partial charge >= 0.3 is 5.97 Å². The van der Waals surface area contributed by atoms with Crippen LogP contribution in [0.2, 0.25) is 5.28 Å². The fraction of sp³-hybridized carbons (Fsp3) is 0.160. The van der Waals surface area contributed by atoms with E-state index in [1.54, 1.807) is 43.2 Å². The van der Waals surface area contributed by atoms with Crippen LogP contribution in [-0.2, 0) is 50.3 Å². The number of pyridine rings is 4. The summed E-state index contributed by atoms with van der Waals surface area (Å²) in [4.78, 5) is 76.9. The molecule has 4 unspecified atom stereocenters. The van der Waals surface area contributed by atoms with E-state index in [9.17, 15) is 13.2 Å². The zero-order chi connectivity index (χ0) is 89.9. The van der Waals surface area contributed by atoms with Crippen LogP contribution in [0.5, 0.6) is 5.75 Å². The molecule has 9 aromatic carbocycles. The summed E-state index contributed by atoms with van der Waals surface area (Å²) >= 11 is 6.20. The van der Waals surface area contributed by atoms with Gasteiger partial charge in [-0.3, -0.25) is 24.7 Å². The molecule has 24 nitrogen and oxygen atoms in total. The molecule has 10 heterocycles. The molecular weight excluding hydrogens is 1690 g/mol. The predicted octanol–water partition coefficient (Wildman–Crippen LogP) is 21.7. The van der Waals surface area contributed by atoms with Crippen molar-refractivity contribution >= 4 is 94.3 Å². The molecule has 4 N–H and O–H groups in total. The van der Waals surface area contributed by atoms with E-state index in [1.165, 1.54) is 31.1 Å². The number of esters is 1. The van der Waals surface area contributed by atoms with Crippen molar-refractivity contribution in [2.45, 2.75) is 76.2 Å². The summed E-state index contributed by atoms with van der Waals surface area (Å²) < 4.78 is 41.6. The van der Waals surface area contributed by atoms with Crippen LogP contribution in [0, 0.1) is 24.7 Å². The predicted molar refractivity (Wildman–Crippen MR) is 518 cm³/mol. The van der Waals surface area contributed by atoms with Gasteiger partial charge in [-0.2, -0.15) is 0 Å². The highest BCUT2D eigenvalue weighted by Gasteiger charge is 2.49. The Kier molecular flexibility index (Phi) is 25.5. The third-order valence-electron chi connectivity index (χ3n) is 23.5. The number of nitrogens with one attached hydrogen (secondary N) is 4. The van der Waals surface area contributed by atoms with Crippen LogP contribution < -0.4 is 26.0 Å². The Morgan fingerprint density at radius 3 is 1.55 bits per heavy atom. The van der Waals surface area contributed by atoms with Gasteiger partial charge in [0.25, 0.3) is 0 Å². The third kappa shape index (κ3) is 19.3. The molecule has 0 radical (unpaired) electrons. The molecule has 4 aliphatic rings. The number of aromatic nitrogens is 14. The Morgan fingerprint density at radius 1 is 0.462 bits per heavy atom. The maximum absolute atomic E-state index is 12.9. The second-order valence-electron chi connectivity index (χ2n) is 32.4. The maximum Gasteiger partial charge on any atom is 0.311 e. The van der Waals surface area contributed by atoms with E-state index < -0.39 is 9.84 Å². The summed E-state index contributed by atoms with van der Waals surface area (Å²) in [5.41, 5.74) is 20.1. The van der Waals surface area contributed by atoms with Crippen molar-refractivity contribution in [1.82, 2.24) is 69.8 Å². The Bertz CT molecular complexity index is 7380. The van der Waals surface area contributed by atoms with Crippen LogP contribution in [-0.4, -0.2) is 110 Å². The number of nitrogens with zero attached hydrogens (tertiary/aromatic N) is 14. The van der Waals surface area contributed by atoms with Gasteiger partial charge in [-0.15, -0.1) is 0 Å².